The van der Waals surface area contributed by atoms with Crippen molar-refractivity contribution in [3.05, 3.63) is 70.8 Å². The molecule has 0 radical (unpaired) electrons. The first kappa shape index (κ1) is 16.5. The Morgan fingerprint density at radius 2 is 1.92 bits per heavy atom. The molecule has 0 aliphatic carbocycles. The van der Waals surface area contributed by atoms with Gasteiger partial charge in [-0.15, -0.1) is 5.10 Å². The molecule has 1 fully saturated rings. The summed E-state index contributed by atoms with van der Waals surface area (Å²) in [5.41, 5.74) is 4.65. The van der Waals surface area contributed by atoms with Crippen LogP contribution < -0.4 is 5.32 Å². The molecule has 2 aromatic rings. The lowest BCUT2D eigenvalue weighted by molar-refractivity contribution is -0.118. The van der Waals surface area contributed by atoms with Crippen molar-refractivity contribution in [1.82, 2.24) is 5.32 Å². The van der Waals surface area contributed by atoms with Crippen molar-refractivity contribution in [2.24, 2.45) is 10.2 Å². The van der Waals surface area contributed by atoms with Crippen LogP contribution in [0.15, 0.2) is 58.7 Å². The lowest BCUT2D eigenvalue weighted by Gasteiger charge is -2.07. The van der Waals surface area contributed by atoms with Crippen molar-refractivity contribution in [3.63, 3.8) is 0 Å². The van der Waals surface area contributed by atoms with E-state index in [2.05, 4.69) is 47.6 Å². The number of rotatable bonds is 4. The highest BCUT2D eigenvalue weighted by Crippen LogP contribution is 2.24. The predicted molar refractivity (Wildman–Crippen MR) is 101 cm³/mol. The summed E-state index contributed by atoms with van der Waals surface area (Å²) >= 11 is 1.43. The standard InChI is InChI=1S/C19H19N3OS/c1-13-8-9-16(10-14(13)2)11-17-18(23)21-19(24-17)22-20-12-15-6-4-3-5-7-15/h3-10,12,17H,11H2,1-2H3,(H,21,22,23). The molecule has 122 valence electrons. The molecule has 1 heterocycles. The van der Waals surface area contributed by atoms with Gasteiger partial charge < -0.3 is 5.32 Å². The van der Waals surface area contributed by atoms with Gasteiger partial charge in [0.1, 0.15) is 0 Å². The Balaban J connectivity index is 1.63. The minimum Gasteiger partial charge on any atom is -0.303 e. The molecule has 0 spiro atoms. The van der Waals surface area contributed by atoms with Gasteiger partial charge in [-0.3, -0.25) is 4.79 Å². The Bertz CT molecular complexity index is 800. The summed E-state index contributed by atoms with van der Waals surface area (Å²) in [4.78, 5) is 12.1. The van der Waals surface area contributed by atoms with Crippen molar-refractivity contribution >= 4 is 29.1 Å². The van der Waals surface area contributed by atoms with Crippen LogP contribution in [0.3, 0.4) is 0 Å². The molecule has 1 N–H and O–H groups in total. The maximum absolute atomic E-state index is 12.1. The molecule has 1 unspecified atom stereocenters. The third-order valence-electron chi connectivity index (χ3n) is 3.92. The summed E-state index contributed by atoms with van der Waals surface area (Å²) in [7, 11) is 0. The predicted octanol–water partition coefficient (Wildman–Crippen LogP) is 3.47. The van der Waals surface area contributed by atoms with Gasteiger partial charge in [-0.1, -0.05) is 60.3 Å². The molecule has 5 heteroatoms. The lowest BCUT2D eigenvalue weighted by atomic mass is 10.0. The Hall–Kier alpha value is -2.40. The average Bonchev–Trinajstić information content (AvgIpc) is 2.92. The van der Waals surface area contributed by atoms with Crippen molar-refractivity contribution in [1.29, 1.82) is 0 Å². The second-order valence-electron chi connectivity index (χ2n) is 5.78. The molecular formula is C19H19N3OS. The van der Waals surface area contributed by atoms with Crippen LogP contribution in [0.1, 0.15) is 22.3 Å². The van der Waals surface area contributed by atoms with E-state index in [1.807, 2.05) is 30.3 Å². The minimum atomic E-state index is -0.155. The van der Waals surface area contributed by atoms with Gasteiger partial charge >= 0.3 is 0 Å². The first-order valence-electron chi connectivity index (χ1n) is 7.81. The number of carbonyl (C=O) groups excluding carboxylic acids is 1. The SMILES string of the molecule is Cc1ccc(CC2SC(=NN=Cc3ccccc3)NC2=O)cc1C. The van der Waals surface area contributed by atoms with Crippen molar-refractivity contribution in [2.75, 3.05) is 0 Å². The van der Waals surface area contributed by atoms with Crippen LogP contribution in [0.4, 0.5) is 0 Å². The fraction of sp³-hybridized carbons (Fsp3) is 0.211. The minimum absolute atomic E-state index is 0.00751. The van der Waals surface area contributed by atoms with Gasteiger partial charge in [-0.25, -0.2) is 0 Å². The zero-order valence-corrected chi connectivity index (χ0v) is 14.5. The van der Waals surface area contributed by atoms with Gasteiger partial charge in [-0.2, -0.15) is 5.10 Å². The van der Waals surface area contributed by atoms with E-state index >= 15 is 0 Å². The van der Waals surface area contributed by atoms with Crippen LogP contribution >= 0.6 is 11.8 Å². The van der Waals surface area contributed by atoms with Crippen LogP contribution in [0, 0.1) is 13.8 Å². The number of aryl methyl sites for hydroxylation is 2. The molecule has 24 heavy (non-hydrogen) atoms. The second-order valence-corrected chi connectivity index (χ2v) is 6.97. The van der Waals surface area contributed by atoms with Gasteiger partial charge in [0.05, 0.1) is 11.5 Å². The smallest absolute Gasteiger partial charge is 0.239 e. The average molecular weight is 337 g/mol. The second kappa shape index (κ2) is 7.45. The molecule has 3 rings (SSSR count). The number of nitrogens with zero attached hydrogens (tertiary/aromatic N) is 2. The number of nitrogens with one attached hydrogen (secondary N) is 1. The quantitative estimate of drug-likeness (QED) is 0.686. The molecule has 1 amide bonds. The normalized spacial score (nSPS) is 19.2. The Morgan fingerprint density at radius 3 is 2.67 bits per heavy atom. The highest BCUT2D eigenvalue weighted by Gasteiger charge is 2.30. The monoisotopic (exact) mass is 337 g/mol. The van der Waals surface area contributed by atoms with E-state index < -0.39 is 0 Å². The largest absolute Gasteiger partial charge is 0.303 e. The number of hydrogen-bond acceptors (Lipinski definition) is 4. The van der Waals surface area contributed by atoms with Crippen LogP contribution in [0.2, 0.25) is 0 Å². The summed E-state index contributed by atoms with van der Waals surface area (Å²) in [6.45, 7) is 4.18. The molecule has 1 aliphatic heterocycles. The summed E-state index contributed by atoms with van der Waals surface area (Å²) in [6.07, 6.45) is 2.37. The highest BCUT2D eigenvalue weighted by atomic mass is 32.2. The van der Waals surface area contributed by atoms with Crippen molar-refractivity contribution in [2.45, 2.75) is 25.5 Å². The van der Waals surface area contributed by atoms with E-state index in [1.54, 1.807) is 6.21 Å². The fourth-order valence-electron chi connectivity index (χ4n) is 2.42. The summed E-state index contributed by atoms with van der Waals surface area (Å²) in [5.74, 6) is -0.00751. The first-order chi connectivity index (χ1) is 11.6. The topological polar surface area (TPSA) is 53.8 Å². The third-order valence-corrected chi connectivity index (χ3v) is 5.00. The molecular weight excluding hydrogens is 318 g/mol. The van der Waals surface area contributed by atoms with E-state index in [0.717, 1.165) is 5.56 Å². The molecule has 1 saturated heterocycles. The molecule has 2 aromatic carbocycles. The van der Waals surface area contributed by atoms with E-state index in [1.165, 1.54) is 28.5 Å². The number of thioether (sulfide) groups is 1. The van der Waals surface area contributed by atoms with Crippen molar-refractivity contribution in [3.8, 4) is 0 Å². The summed E-state index contributed by atoms with van der Waals surface area (Å²) < 4.78 is 0. The number of amidine groups is 1. The highest BCUT2D eigenvalue weighted by molar-refractivity contribution is 8.15. The lowest BCUT2D eigenvalue weighted by Crippen LogP contribution is -2.25. The van der Waals surface area contributed by atoms with Crippen LogP contribution in [0.25, 0.3) is 0 Å². The zero-order valence-electron chi connectivity index (χ0n) is 13.7. The third kappa shape index (κ3) is 4.11. The first-order valence-corrected chi connectivity index (χ1v) is 8.69. The Kier molecular flexibility index (Phi) is 5.11. The molecule has 1 atom stereocenters. The number of hydrogen-bond donors (Lipinski definition) is 1. The zero-order chi connectivity index (χ0) is 16.9. The van der Waals surface area contributed by atoms with Gasteiger partial charge in [0.15, 0.2) is 5.17 Å². The van der Waals surface area contributed by atoms with Crippen molar-refractivity contribution < 1.29 is 4.79 Å². The van der Waals surface area contributed by atoms with Gasteiger partial charge in [0, 0.05) is 0 Å². The maximum atomic E-state index is 12.1. The molecule has 0 aromatic heterocycles. The van der Waals surface area contributed by atoms with Gasteiger partial charge in [0.25, 0.3) is 0 Å². The van der Waals surface area contributed by atoms with Crippen LogP contribution in [0.5, 0.6) is 0 Å². The Morgan fingerprint density at radius 1 is 1.12 bits per heavy atom. The van der Waals surface area contributed by atoms with E-state index in [-0.39, 0.29) is 11.2 Å². The number of amides is 1. The van der Waals surface area contributed by atoms with E-state index in [4.69, 9.17) is 0 Å². The molecule has 0 saturated carbocycles. The number of carbonyl (C=O) groups is 1. The summed E-state index contributed by atoms with van der Waals surface area (Å²) in [6, 6.07) is 16.1. The fourth-order valence-corrected chi connectivity index (χ4v) is 3.38. The van der Waals surface area contributed by atoms with Crippen LogP contribution in [-0.4, -0.2) is 22.5 Å². The molecule has 0 bridgehead atoms. The van der Waals surface area contributed by atoms with E-state index in [9.17, 15) is 4.79 Å². The van der Waals surface area contributed by atoms with Crippen LogP contribution in [-0.2, 0) is 11.2 Å². The van der Waals surface area contributed by atoms with E-state index in [0.29, 0.717) is 11.6 Å². The maximum Gasteiger partial charge on any atom is 0.239 e. The van der Waals surface area contributed by atoms with Gasteiger partial charge in [0.2, 0.25) is 5.91 Å². The number of benzene rings is 2. The summed E-state index contributed by atoms with van der Waals surface area (Å²) in [5, 5.41) is 11.4. The van der Waals surface area contributed by atoms with Gasteiger partial charge in [-0.05, 0) is 42.5 Å². The molecule has 4 nitrogen and oxygen atoms in total. The molecule has 1 aliphatic rings. The Labute approximate surface area is 146 Å².